The summed E-state index contributed by atoms with van der Waals surface area (Å²) in [5, 5.41) is 8.94. The summed E-state index contributed by atoms with van der Waals surface area (Å²) in [4.78, 5) is 12.4. The van der Waals surface area contributed by atoms with Crippen LogP contribution in [0.25, 0.3) is 0 Å². The molecule has 0 saturated carbocycles. The molecular weight excluding hydrogens is 380 g/mol. The first-order valence-corrected chi connectivity index (χ1v) is 10.2. The maximum absolute atomic E-state index is 12.4. The molecule has 0 atom stereocenters. The largest absolute Gasteiger partial charge is 0.497 e. The molecule has 0 aliphatic carbocycles. The van der Waals surface area contributed by atoms with Crippen molar-refractivity contribution in [3.63, 3.8) is 0 Å². The number of nitrogens with zero attached hydrogens (tertiary/aromatic N) is 1. The SMILES string of the molecule is CCNc1ccc(S(=O)(=O)N(C)C)cc1NCC(=O)Nc1cccc(OC)c1. The van der Waals surface area contributed by atoms with Crippen molar-refractivity contribution >= 4 is 33.0 Å². The molecule has 2 aromatic rings. The van der Waals surface area contributed by atoms with E-state index in [9.17, 15) is 13.2 Å². The molecule has 0 spiro atoms. The standard InChI is InChI=1S/C19H26N4O4S/c1-5-20-17-10-9-16(28(25,26)23(2)3)12-18(17)21-13-19(24)22-14-7-6-8-15(11-14)27-4/h6-12,20-21H,5,13H2,1-4H3,(H,22,24). The van der Waals surface area contributed by atoms with Gasteiger partial charge in [0.1, 0.15) is 5.75 Å². The minimum absolute atomic E-state index is 0.0267. The third kappa shape index (κ3) is 5.37. The highest BCUT2D eigenvalue weighted by Gasteiger charge is 2.19. The molecule has 0 aromatic heterocycles. The van der Waals surface area contributed by atoms with Crippen molar-refractivity contribution in [3.8, 4) is 5.75 Å². The van der Waals surface area contributed by atoms with Gasteiger partial charge in [0.15, 0.2) is 0 Å². The van der Waals surface area contributed by atoms with Crippen LogP contribution in [0.3, 0.4) is 0 Å². The molecule has 2 aromatic carbocycles. The number of methoxy groups -OCH3 is 1. The molecule has 0 aliphatic rings. The van der Waals surface area contributed by atoms with Crippen LogP contribution < -0.4 is 20.7 Å². The first kappa shape index (κ1) is 21.5. The number of sulfonamides is 1. The second-order valence-corrected chi connectivity index (χ2v) is 8.31. The zero-order chi connectivity index (χ0) is 20.7. The van der Waals surface area contributed by atoms with Crippen molar-refractivity contribution in [1.82, 2.24) is 4.31 Å². The first-order valence-electron chi connectivity index (χ1n) is 8.76. The Hall–Kier alpha value is -2.78. The fraction of sp³-hybridized carbons (Fsp3) is 0.316. The highest BCUT2D eigenvalue weighted by atomic mass is 32.2. The number of ether oxygens (including phenoxy) is 1. The summed E-state index contributed by atoms with van der Waals surface area (Å²) in [5.74, 6) is 0.373. The van der Waals surface area contributed by atoms with Gasteiger partial charge in [0.25, 0.3) is 0 Å². The van der Waals surface area contributed by atoms with Crippen molar-refractivity contribution in [2.45, 2.75) is 11.8 Å². The van der Waals surface area contributed by atoms with E-state index in [-0.39, 0.29) is 17.3 Å². The van der Waals surface area contributed by atoms with Gasteiger partial charge in [-0.05, 0) is 37.3 Å². The number of benzene rings is 2. The summed E-state index contributed by atoms with van der Waals surface area (Å²) in [5.41, 5.74) is 1.86. The van der Waals surface area contributed by atoms with Gasteiger partial charge in [0, 0.05) is 32.4 Å². The summed E-state index contributed by atoms with van der Waals surface area (Å²) in [6.07, 6.45) is 0. The minimum Gasteiger partial charge on any atom is -0.497 e. The average Bonchev–Trinajstić information content (AvgIpc) is 2.67. The molecular formula is C19H26N4O4S. The monoisotopic (exact) mass is 406 g/mol. The van der Waals surface area contributed by atoms with Gasteiger partial charge >= 0.3 is 0 Å². The molecule has 0 fully saturated rings. The zero-order valence-electron chi connectivity index (χ0n) is 16.4. The van der Waals surface area contributed by atoms with Crippen molar-refractivity contribution in [1.29, 1.82) is 0 Å². The van der Waals surface area contributed by atoms with Crippen molar-refractivity contribution in [2.24, 2.45) is 0 Å². The summed E-state index contributed by atoms with van der Waals surface area (Å²) in [6, 6.07) is 11.8. The lowest BCUT2D eigenvalue weighted by atomic mass is 10.2. The molecule has 2 rings (SSSR count). The maximum Gasteiger partial charge on any atom is 0.243 e. The number of carbonyl (C=O) groups is 1. The van der Waals surface area contributed by atoms with Gasteiger partial charge in [-0.25, -0.2) is 12.7 Å². The van der Waals surface area contributed by atoms with E-state index in [4.69, 9.17) is 4.74 Å². The number of hydrogen-bond donors (Lipinski definition) is 3. The Balaban J connectivity index is 2.15. The molecule has 0 heterocycles. The van der Waals surface area contributed by atoms with Gasteiger partial charge in [-0.1, -0.05) is 6.07 Å². The topological polar surface area (TPSA) is 99.8 Å². The number of amides is 1. The average molecular weight is 407 g/mol. The van der Waals surface area contributed by atoms with Gasteiger partial charge in [0.05, 0.1) is 29.9 Å². The lowest BCUT2D eigenvalue weighted by Gasteiger charge is -2.17. The molecule has 28 heavy (non-hydrogen) atoms. The Morgan fingerprint density at radius 2 is 1.82 bits per heavy atom. The van der Waals surface area contributed by atoms with E-state index >= 15 is 0 Å². The van der Waals surface area contributed by atoms with Crippen LogP contribution in [-0.2, 0) is 14.8 Å². The number of nitrogens with one attached hydrogen (secondary N) is 3. The van der Waals surface area contributed by atoms with Crippen molar-refractivity contribution < 1.29 is 17.9 Å². The normalized spacial score (nSPS) is 11.2. The highest BCUT2D eigenvalue weighted by molar-refractivity contribution is 7.89. The Kier molecular flexibility index (Phi) is 7.24. The second kappa shape index (κ2) is 9.43. The molecule has 152 valence electrons. The molecule has 0 bridgehead atoms. The van der Waals surface area contributed by atoms with E-state index in [1.807, 2.05) is 6.92 Å². The third-order valence-electron chi connectivity index (χ3n) is 3.93. The molecule has 0 unspecified atom stereocenters. The van der Waals surface area contributed by atoms with Gasteiger partial charge in [-0.3, -0.25) is 4.79 Å². The molecule has 1 amide bonds. The van der Waals surface area contributed by atoms with Gasteiger partial charge in [0.2, 0.25) is 15.9 Å². The lowest BCUT2D eigenvalue weighted by Crippen LogP contribution is -2.24. The fourth-order valence-corrected chi connectivity index (χ4v) is 3.40. The van der Waals surface area contributed by atoms with E-state index in [2.05, 4.69) is 16.0 Å². The Morgan fingerprint density at radius 1 is 1.07 bits per heavy atom. The van der Waals surface area contributed by atoms with Gasteiger partial charge in [-0.15, -0.1) is 0 Å². The van der Waals surface area contributed by atoms with E-state index in [1.165, 1.54) is 26.2 Å². The lowest BCUT2D eigenvalue weighted by molar-refractivity contribution is -0.114. The van der Waals surface area contributed by atoms with Crippen LogP contribution in [0, 0.1) is 0 Å². The van der Waals surface area contributed by atoms with Crippen LogP contribution in [0.5, 0.6) is 5.75 Å². The molecule has 0 saturated heterocycles. The summed E-state index contributed by atoms with van der Waals surface area (Å²) in [6.45, 7) is 2.56. The second-order valence-electron chi connectivity index (χ2n) is 6.16. The third-order valence-corrected chi connectivity index (χ3v) is 5.74. The van der Waals surface area contributed by atoms with Crippen LogP contribution in [0.15, 0.2) is 47.4 Å². The van der Waals surface area contributed by atoms with Crippen LogP contribution >= 0.6 is 0 Å². The fourth-order valence-electron chi connectivity index (χ4n) is 2.47. The van der Waals surface area contributed by atoms with E-state index < -0.39 is 10.0 Å². The zero-order valence-corrected chi connectivity index (χ0v) is 17.3. The van der Waals surface area contributed by atoms with E-state index in [0.29, 0.717) is 23.7 Å². The molecule has 8 nitrogen and oxygen atoms in total. The van der Waals surface area contributed by atoms with E-state index in [1.54, 1.807) is 37.4 Å². The van der Waals surface area contributed by atoms with E-state index in [0.717, 1.165) is 9.99 Å². The Labute approximate surface area is 165 Å². The van der Waals surface area contributed by atoms with Crippen LogP contribution in [0.4, 0.5) is 17.1 Å². The van der Waals surface area contributed by atoms with Crippen molar-refractivity contribution in [2.75, 3.05) is 50.2 Å². The summed E-state index contributed by atoms with van der Waals surface area (Å²) < 4.78 is 31.0. The minimum atomic E-state index is -3.57. The Morgan fingerprint density at radius 3 is 2.46 bits per heavy atom. The molecule has 0 aliphatic heterocycles. The van der Waals surface area contributed by atoms with Crippen LogP contribution in [-0.4, -0.2) is 52.9 Å². The Bertz CT molecular complexity index is 929. The smallest absolute Gasteiger partial charge is 0.243 e. The maximum atomic E-state index is 12.4. The molecule has 3 N–H and O–H groups in total. The quantitative estimate of drug-likeness (QED) is 0.591. The highest BCUT2D eigenvalue weighted by Crippen LogP contribution is 2.26. The van der Waals surface area contributed by atoms with Crippen LogP contribution in [0.2, 0.25) is 0 Å². The number of anilines is 3. The molecule has 9 heteroatoms. The predicted octanol–water partition coefficient (Wildman–Crippen LogP) is 2.43. The first-order chi connectivity index (χ1) is 13.3. The summed E-state index contributed by atoms with van der Waals surface area (Å²) in [7, 11) is 0.929. The van der Waals surface area contributed by atoms with Gasteiger partial charge < -0.3 is 20.7 Å². The van der Waals surface area contributed by atoms with Crippen molar-refractivity contribution in [3.05, 3.63) is 42.5 Å². The van der Waals surface area contributed by atoms with Crippen LogP contribution in [0.1, 0.15) is 6.92 Å². The van der Waals surface area contributed by atoms with Gasteiger partial charge in [-0.2, -0.15) is 0 Å². The number of hydrogen-bond acceptors (Lipinski definition) is 6. The molecule has 0 radical (unpaired) electrons. The number of carbonyl (C=O) groups excluding carboxylic acids is 1. The summed E-state index contributed by atoms with van der Waals surface area (Å²) >= 11 is 0. The number of rotatable bonds is 9. The predicted molar refractivity (Wildman–Crippen MR) is 112 cm³/mol.